The van der Waals surface area contributed by atoms with Crippen LogP contribution in [-0.2, 0) is 0 Å². The predicted molar refractivity (Wildman–Crippen MR) is 363 cm³/mol. The van der Waals surface area contributed by atoms with Crippen molar-refractivity contribution in [1.29, 1.82) is 5.26 Å². The highest BCUT2D eigenvalue weighted by molar-refractivity contribution is 6.20. The van der Waals surface area contributed by atoms with E-state index in [0.29, 0.717) is 16.8 Å². The van der Waals surface area contributed by atoms with Gasteiger partial charge in [0.1, 0.15) is 0 Å². The van der Waals surface area contributed by atoms with Crippen molar-refractivity contribution >= 4 is 127 Å². The maximum absolute atomic E-state index is 11.3. The van der Waals surface area contributed by atoms with Crippen molar-refractivity contribution in [2.45, 2.75) is 0 Å². The Morgan fingerprint density at radius 1 is 0.284 bits per heavy atom. The van der Waals surface area contributed by atoms with Crippen molar-refractivity contribution in [1.82, 2.24) is 18.3 Å². The van der Waals surface area contributed by atoms with E-state index < -0.39 is 0 Å². The number of para-hydroxylation sites is 13. The molecular weight excluding hydrogens is 1070 g/mol. The van der Waals surface area contributed by atoms with E-state index in [-0.39, 0.29) is 0 Å². The van der Waals surface area contributed by atoms with Gasteiger partial charge in [-0.05, 0) is 109 Å². The summed E-state index contributed by atoms with van der Waals surface area (Å²) in [5.74, 6) is 0. The van der Waals surface area contributed by atoms with E-state index in [1.807, 2.05) is 12.1 Å². The van der Waals surface area contributed by atoms with Crippen LogP contribution in [0.1, 0.15) is 5.56 Å². The highest BCUT2D eigenvalue weighted by Gasteiger charge is 2.41. The van der Waals surface area contributed by atoms with Crippen molar-refractivity contribution in [3.8, 4) is 39.9 Å². The van der Waals surface area contributed by atoms with Gasteiger partial charge in [-0.2, -0.15) is 5.26 Å². The number of rotatable bonds is 7. The van der Waals surface area contributed by atoms with Crippen LogP contribution in [0.5, 0.6) is 0 Å². The zero-order chi connectivity index (χ0) is 58.1. The molecule has 1 aliphatic heterocycles. The third-order valence-corrected chi connectivity index (χ3v) is 18.0. The van der Waals surface area contributed by atoms with Crippen LogP contribution in [0, 0.1) is 17.9 Å². The Bertz CT molecular complexity index is 5330. The molecule has 0 saturated heterocycles. The predicted octanol–water partition coefficient (Wildman–Crippen LogP) is 21.4. The lowest BCUT2D eigenvalue weighted by molar-refractivity contribution is 1.03. The molecule has 88 heavy (non-hydrogen) atoms. The first-order valence-corrected chi connectivity index (χ1v) is 29.6. The molecule has 0 radical (unpaired) electrons. The van der Waals surface area contributed by atoms with Gasteiger partial charge < -0.3 is 28.1 Å². The molecule has 0 unspecified atom stereocenters. The van der Waals surface area contributed by atoms with Gasteiger partial charge in [0.15, 0.2) is 5.69 Å². The maximum Gasteiger partial charge on any atom is 0.189 e. The molecule has 0 aliphatic carbocycles. The number of nitrogens with zero attached hydrogens (tertiary/aromatic N) is 8. The second-order valence-electron chi connectivity index (χ2n) is 22.6. The zero-order valence-electron chi connectivity index (χ0n) is 47.3. The Morgan fingerprint density at radius 3 is 0.886 bits per heavy atom. The second-order valence-corrected chi connectivity index (χ2v) is 22.6. The van der Waals surface area contributed by atoms with E-state index in [4.69, 9.17) is 6.57 Å². The summed E-state index contributed by atoms with van der Waals surface area (Å²) in [6.45, 7) is 8.84. The Labute approximate surface area is 505 Å². The minimum atomic E-state index is 0.358. The summed E-state index contributed by atoms with van der Waals surface area (Å²) in [5.41, 5.74) is 19.6. The third kappa shape index (κ3) is 6.88. The molecule has 0 fully saturated rings. The van der Waals surface area contributed by atoms with Gasteiger partial charge in [-0.25, -0.2) is 4.85 Å². The summed E-state index contributed by atoms with van der Waals surface area (Å²) >= 11 is 0. The van der Waals surface area contributed by atoms with Gasteiger partial charge in [-0.1, -0.05) is 188 Å². The fourth-order valence-electron chi connectivity index (χ4n) is 14.6. The van der Waals surface area contributed by atoms with E-state index in [2.05, 4.69) is 312 Å². The lowest BCUT2D eigenvalue weighted by atomic mass is 9.92. The topological polar surface area (TPSA) is 54.4 Å². The molecule has 0 atom stereocenters. The Balaban J connectivity index is 1.23. The lowest BCUT2D eigenvalue weighted by Gasteiger charge is -2.43. The molecule has 4 aromatic heterocycles. The molecule has 8 heteroatoms. The number of anilines is 6. The average Bonchev–Trinajstić information content (AvgIpc) is 1.30. The summed E-state index contributed by atoms with van der Waals surface area (Å²) < 4.78 is 10.0. The van der Waals surface area contributed by atoms with Gasteiger partial charge >= 0.3 is 0 Å². The summed E-state index contributed by atoms with van der Waals surface area (Å²) in [6.07, 6.45) is 0. The maximum atomic E-state index is 11.3. The highest BCUT2D eigenvalue weighted by atomic mass is 15.3. The largest absolute Gasteiger partial charge is 0.306 e. The van der Waals surface area contributed by atoms with Crippen LogP contribution in [0.3, 0.4) is 0 Å². The van der Waals surface area contributed by atoms with Gasteiger partial charge in [0, 0.05) is 59.9 Å². The monoisotopic (exact) mass is 1120 g/mol. The molecule has 5 heterocycles. The van der Waals surface area contributed by atoms with Crippen LogP contribution >= 0.6 is 0 Å². The van der Waals surface area contributed by atoms with Crippen molar-refractivity contribution < 1.29 is 0 Å². The molecule has 0 bridgehead atoms. The molecule has 13 aromatic carbocycles. The fourth-order valence-corrected chi connectivity index (χ4v) is 14.6. The summed E-state index contributed by atoms with van der Waals surface area (Å²) in [7, 11) is 0. The van der Waals surface area contributed by atoms with Crippen LogP contribution in [0.15, 0.2) is 291 Å². The number of hydrogen-bond acceptors (Lipinski definition) is 3. The zero-order valence-corrected chi connectivity index (χ0v) is 47.3. The number of benzene rings is 13. The van der Waals surface area contributed by atoms with Crippen LogP contribution in [0.25, 0.3) is 126 Å². The first-order chi connectivity index (χ1) is 43.7. The van der Waals surface area contributed by atoms with Gasteiger partial charge in [0.25, 0.3) is 0 Å². The summed E-state index contributed by atoms with van der Waals surface area (Å²) in [5, 5.41) is 20.0. The molecule has 0 N–H and O–H groups in total. The lowest BCUT2D eigenvalue weighted by Crippen LogP contribution is -2.27. The fraction of sp³-hybridized carbons (Fsp3) is 0. The van der Waals surface area contributed by atoms with Crippen LogP contribution in [-0.4, -0.2) is 18.3 Å². The first-order valence-electron chi connectivity index (χ1n) is 29.6. The highest BCUT2D eigenvalue weighted by Crippen LogP contribution is 2.61. The molecule has 18 rings (SSSR count). The van der Waals surface area contributed by atoms with Gasteiger partial charge in [-0.15, -0.1) is 0 Å². The molecule has 0 spiro atoms. The van der Waals surface area contributed by atoms with E-state index in [0.717, 1.165) is 150 Å². The quantitative estimate of drug-likeness (QED) is 0.149. The Kier molecular flexibility index (Phi) is 10.6. The van der Waals surface area contributed by atoms with E-state index in [1.54, 1.807) is 6.07 Å². The van der Waals surface area contributed by atoms with Gasteiger partial charge in [0.05, 0.1) is 108 Å². The Hall–Kier alpha value is -12.4. The SMILES string of the molecule is [C-]#[N+]c1cc(C#N)cc(-c2c(-n3c4ccccc4c4ccccc43)c(-n3c4ccccc4c4ccccc43)c(N3c4ccccc4N(c4ccccc4)c4ccccc43)c(-n3c4ccccc4c4ccccc43)c2-n2c3ccccc3c3ccccc32)c1. The number of nitriles is 1. The van der Waals surface area contributed by atoms with E-state index in [9.17, 15) is 5.26 Å². The van der Waals surface area contributed by atoms with E-state index in [1.165, 1.54) is 0 Å². The van der Waals surface area contributed by atoms with E-state index >= 15 is 0 Å². The minimum Gasteiger partial charge on any atom is -0.306 e. The van der Waals surface area contributed by atoms with Crippen molar-refractivity contribution in [2.24, 2.45) is 0 Å². The minimum absolute atomic E-state index is 0.358. The first kappa shape index (κ1) is 49.1. The molecule has 408 valence electrons. The number of hydrogen-bond donors (Lipinski definition) is 0. The molecule has 1 aliphatic rings. The van der Waals surface area contributed by atoms with Gasteiger partial charge in [-0.3, -0.25) is 0 Å². The smallest absolute Gasteiger partial charge is 0.189 e. The Morgan fingerprint density at radius 2 is 0.568 bits per heavy atom. The average molecular weight is 1120 g/mol. The second kappa shape index (κ2) is 19.1. The number of fused-ring (bicyclic) bond motifs is 14. The summed E-state index contributed by atoms with van der Waals surface area (Å²) in [6, 6.07) is 107. The van der Waals surface area contributed by atoms with Crippen molar-refractivity contribution in [3.05, 3.63) is 308 Å². The summed E-state index contributed by atoms with van der Waals surface area (Å²) in [4.78, 5) is 9.15. The number of aromatic nitrogens is 4. The van der Waals surface area contributed by atoms with Crippen LogP contribution in [0.4, 0.5) is 39.8 Å². The van der Waals surface area contributed by atoms with Crippen molar-refractivity contribution in [3.63, 3.8) is 0 Å². The molecular formula is C80H48N8. The molecule has 17 aromatic rings. The third-order valence-electron chi connectivity index (χ3n) is 18.0. The normalized spacial score (nSPS) is 12.2. The standard InChI is InChI=1S/C80H48N8/c1-82-53-48-51(50-81)47-52(49-53)75-76(84-63-35-13-5-27-55(63)56-28-6-14-36-64(56)84)78(86-67-39-17-9-31-59(67)60-32-10-18-40-68(60)86)80(88-73-45-23-21-43-71(73)83(54-25-3-2-4-26-54)72-44-22-24-46-74(72)88)79(87-69-41-19-11-33-61(69)62-34-12-20-42-70(62)87)77(75)85-65-37-15-7-29-57(65)58-30-8-16-38-66(58)85/h2-49H. The van der Waals surface area contributed by atoms with Crippen LogP contribution in [0.2, 0.25) is 0 Å². The molecule has 0 amide bonds. The molecule has 0 saturated carbocycles. The molecule has 8 nitrogen and oxygen atoms in total. The van der Waals surface area contributed by atoms with Crippen LogP contribution < -0.4 is 9.80 Å². The van der Waals surface area contributed by atoms with Crippen molar-refractivity contribution in [2.75, 3.05) is 9.80 Å². The van der Waals surface area contributed by atoms with Gasteiger partial charge in [0.2, 0.25) is 0 Å².